The lowest BCUT2D eigenvalue weighted by molar-refractivity contribution is -0.119. The Morgan fingerprint density at radius 3 is 2.85 bits per heavy atom. The van der Waals surface area contributed by atoms with Crippen LogP contribution in [0.3, 0.4) is 0 Å². The van der Waals surface area contributed by atoms with Gasteiger partial charge in [0.15, 0.2) is 0 Å². The molecule has 1 aliphatic carbocycles. The Bertz CT molecular complexity index is 830. The number of thiophene rings is 1. The molecular weight excluding hydrogens is 384 g/mol. The zero-order valence-corrected chi connectivity index (χ0v) is 17.5. The molecule has 0 aliphatic heterocycles. The molecule has 0 aromatic carbocycles. The largest absolute Gasteiger partial charge is 0.410 e. The Hall–Kier alpha value is -1.87. The highest BCUT2D eigenvalue weighted by molar-refractivity contribution is 8.00. The van der Waals surface area contributed by atoms with Gasteiger partial charge in [-0.2, -0.15) is 0 Å². The number of fused-ring (bicyclic) bond motifs is 1. The predicted octanol–water partition coefficient (Wildman–Crippen LogP) is 3.64. The van der Waals surface area contributed by atoms with E-state index < -0.39 is 17.2 Å². The van der Waals surface area contributed by atoms with Gasteiger partial charge in [-0.25, -0.2) is 4.79 Å². The number of imide groups is 1. The molecule has 2 aromatic rings. The number of aryl methyl sites for hydroxylation is 1. The van der Waals surface area contributed by atoms with Crippen LogP contribution in [0.4, 0.5) is 4.79 Å². The number of nitrogens with one attached hydrogen (secondary N) is 2. The third-order valence-corrected chi connectivity index (χ3v) is 6.41. The summed E-state index contributed by atoms with van der Waals surface area (Å²) in [5, 5.41) is 12.9. The first-order chi connectivity index (χ1) is 12.8. The second kappa shape index (κ2) is 8.43. The van der Waals surface area contributed by atoms with Crippen molar-refractivity contribution in [2.24, 2.45) is 5.92 Å². The molecule has 2 aromatic heterocycles. The van der Waals surface area contributed by atoms with Crippen LogP contribution >= 0.6 is 23.1 Å². The van der Waals surface area contributed by atoms with Gasteiger partial charge in [0.1, 0.15) is 0 Å². The topological polar surface area (TPSA) is 97.1 Å². The number of nitrogens with zero attached hydrogens (tertiary/aromatic N) is 2. The number of aromatic nitrogens is 2. The third-order valence-electron chi connectivity index (χ3n) is 4.25. The number of carbonyl (C=O) groups excluding carboxylic acids is 2. The van der Waals surface area contributed by atoms with E-state index in [0.29, 0.717) is 17.0 Å². The molecule has 0 bridgehead atoms. The van der Waals surface area contributed by atoms with Crippen molar-refractivity contribution in [1.29, 1.82) is 0 Å². The Morgan fingerprint density at radius 1 is 1.33 bits per heavy atom. The van der Waals surface area contributed by atoms with Crippen LogP contribution in [0, 0.1) is 5.92 Å². The summed E-state index contributed by atoms with van der Waals surface area (Å²) in [6, 6.07) is 1.59. The Kier molecular flexibility index (Phi) is 6.21. The summed E-state index contributed by atoms with van der Waals surface area (Å²) < 4.78 is 5.74. The van der Waals surface area contributed by atoms with Crippen LogP contribution in [0.2, 0.25) is 0 Å². The second-order valence-electron chi connectivity index (χ2n) is 7.16. The van der Waals surface area contributed by atoms with E-state index in [-0.39, 0.29) is 6.04 Å². The number of urea groups is 1. The molecule has 0 saturated carbocycles. The van der Waals surface area contributed by atoms with Crippen molar-refractivity contribution in [2.45, 2.75) is 63.5 Å². The highest BCUT2D eigenvalue weighted by Gasteiger charge is 2.23. The maximum atomic E-state index is 12.1. The monoisotopic (exact) mass is 408 g/mol. The van der Waals surface area contributed by atoms with Crippen LogP contribution in [0.25, 0.3) is 10.8 Å². The Labute approximate surface area is 166 Å². The van der Waals surface area contributed by atoms with Gasteiger partial charge in [0.2, 0.25) is 5.91 Å². The highest BCUT2D eigenvalue weighted by atomic mass is 32.2. The van der Waals surface area contributed by atoms with E-state index >= 15 is 0 Å². The third kappa shape index (κ3) is 5.10. The van der Waals surface area contributed by atoms with Crippen molar-refractivity contribution in [1.82, 2.24) is 20.8 Å². The molecule has 7 nitrogen and oxygen atoms in total. The molecular formula is C18H24N4O3S2. The molecule has 146 valence electrons. The molecule has 2 atom stereocenters. The maximum absolute atomic E-state index is 12.1. The van der Waals surface area contributed by atoms with Gasteiger partial charge in [0.05, 0.1) is 10.1 Å². The van der Waals surface area contributed by atoms with Gasteiger partial charge in [0, 0.05) is 10.9 Å². The fourth-order valence-corrected chi connectivity index (χ4v) is 4.70. The van der Waals surface area contributed by atoms with Crippen molar-refractivity contribution in [2.75, 3.05) is 0 Å². The number of amides is 3. The first-order valence-electron chi connectivity index (χ1n) is 9.05. The molecule has 3 rings (SSSR count). The number of hydrogen-bond acceptors (Lipinski definition) is 7. The van der Waals surface area contributed by atoms with Crippen molar-refractivity contribution >= 4 is 35.0 Å². The lowest BCUT2D eigenvalue weighted by Crippen LogP contribution is -2.45. The van der Waals surface area contributed by atoms with Crippen LogP contribution in [0.15, 0.2) is 15.7 Å². The maximum Gasteiger partial charge on any atom is 0.321 e. The van der Waals surface area contributed by atoms with E-state index in [0.717, 1.165) is 29.5 Å². The summed E-state index contributed by atoms with van der Waals surface area (Å²) in [5.74, 6) is 0.786. The van der Waals surface area contributed by atoms with Gasteiger partial charge in [-0.05, 0) is 57.6 Å². The van der Waals surface area contributed by atoms with Gasteiger partial charge in [-0.15, -0.1) is 21.5 Å². The Morgan fingerprint density at radius 2 is 2.11 bits per heavy atom. The number of carbonyl (C=O) groups is 2. The van der Waals surface area contributed by atoms with E-state index in [1.807, 2.05) is 13.8 Å². The number of hydrogen-bond donors (Lipinski definition) is 2. The van der Waals surface area contributed by atoms with Crippen LogP contribution in [0.5, 0.6) is 0 Å². The minimum atomic E-state index is -0.534. The average Bonchev–Trinajstić information content (AvgIpc) is 3.19. The van der Waals surface area contributed by atoms with Crippen LogP contribution < -0.4 is 10.6 Å². The van der Waals surface area contributed by atoms with E-state index in [1.165, 1.54) is 16.9 Å². The quantitative estimate of drug-likeness (QED) is 0.733. The van der Waals surface area contributed by atoms with E-state index in [2.05, 4.69) is 33.8 Å². The van der Waals surface area contributed by atoms with Crippen molar-refractivity contribution in [3.05, 3.63) is 16.5 Å². The average molecular weight is 409 g/mol. The predicted molar refractivity (Wildman–Crippen MR) is 106 cm³/mol. The van der Waals surface area contributed by atoms with Crippen LogP contribution in [-0.4, -0.2) is 33.4 Å². The number of rotatable bonds is 5. The normalized spacial score (nSPS) is 17.4. The molecule has 0 unspecified atom stereocenters. The number of thioether (sulfide) groups is 1. The van der Waals surface area contributed by atoms with Crippen molar-refractivity contribution in [3.8, 4) is 10.8 Å². The fourth-order valence-electron chi connectivity index (χ4n) is 2.88. The molecule has 3 amide bonds. The van der Waals surface area contributed by atoms with Gasteiger partial charge in [0.25, 0.3) is 11.1 Å². The molecule has 2 N–H and O–H groups in total. The van der Waals surface area contributed by atoms with Gasteiger partial charge < -0.3 is 9.73 Å². The molecule has 1 aliphatic rings. The zero-order valence-electron chi connectivity index (χ0n) is 15.9. The molecule has 27 heavy (non-hydrogen) atoms. The van der Waals surface area contributed by atoms with E-state index in [1.54, 1.807) is 18.3 Å². The second-order valence-corrected chi connectivity index (χ2v) is 9.59. The molecule has 0 saturated heterocycles. The lowest BCUT2D eigenvalue weighted by atomic mass is 9.90. The van der Waals surface area contributed by atoms with E-state index in [4.69, 9.17) is 4.42 Å². The molecule has 0 radical (unpaired) electrons. The van der Waals surface area contributed by atoms with Gasteiger partial charge >= 0.3 is 6.03 Å². The van der Waals surface area contributed by atoms with Crippen LogP contribution in [-0.2, 0) is 17.6 Å². The smallest absolute Gasteiger partial charge is 0.321 e. The first kappa shape index (κ1) is 19.9. The minimum absolute atomic E-state index is 0.0427. The molecule has 2 heterocycles. The van der Waals surface area contributed by atoms with Gasteiger partial charge in [-0.3, -0.25) is 10.1 Å². The standard InChI is InChI=1S/C18H24N4O3S2/c1-9(2)19-17(24)20-15(23)11(4)26-18-22-21-16(25-18)14-8-12-7-10(3)5-6-13(12)27-14/h8-11H,5-7H2,1-4H3,(H2,19,20,23,24)/t10-,11-/m1/s1. The fraction of sp³-hybridized carbons (Fsp3) is 0.556. The summed E-state index contributed by atoms with van der Waals surface area (Å²) in [4.78, 5) is 26.1. The van der Waals surface area contributed by atoms with E-state index in [9.17, 15) is 9.59 Å². The molecule has 0 fully saturated rings. The molecule has 9 heteroatoms. The van der Waals surface area contributed by atoms with Crippen molar-refractivity contribution in [3.63, 3.8) is 0 Å². The SMILES string of the molecule is CC(C)NC(=O)NC(=O)[C@@H](C)Sc1nnc(-c2cc3c(s2)CC[C@@H](C)C3)o1. The molecule has 0 spiro atoms. The summed E-state index contributed by atoms with van der Waals surface area (Å²) in [7, 11) is 0. The zero-order chi connectivity index (χ0) is 19.6. The first-order valence-corrected chi connectivity index (χ1v) is 10.7. The summed E-state index contributed by atoms with van der Waals surface area (Å²) in [6.45, 7) is 7.61. The van der Waals surface area contributed by atoms with Crippen LogP contribution in [0.1, 0.15) is 44.6 Å². The van der Waals surface area contributed by atoms with Gasteiger partial charge in [-0.1, -0.05) is 18.7 Å². The lowest BCUT2D eigenvalue weighted by Gasteiger charge is -2.16. The minimum Gasteiger partial charge on any atom is -0.410 e. The summed E-state index contributed by atoms with van der Waals surface area (Å²) >= 11 is 2.84. The Balaban J connectivity index is 1.61. The van der Waals surface area contributed by atoms with Crippen molar-refractivity contribution < 1.29 is 14.0 Å². The summed E-state index contributed by atoms with van der Waals surface area (Å²) in [6.07, 6.45) is 3.42. The highest BCUT2D eigenvalue weighted by Crippen LogP contribution is 2.37. The summed E-state index contributed by atoms with van der Waals surface area (Å²) in [5.41, 5.74) is 1.38.